The summed E-state index contributed by atoms with van der Waals surface area (Å²) in [7, 11) is 0. The summed E-state index contributed by atoms with van der Waals surface area (Å²) in [5.41, 5.74) is 0.342. The minimum absolute atomic E-state index is 0.342. The Morgan fingerprint density at radius 3 is 2.00 bits per heavy atom. The van der Waals surface area contributed by atoms with Gasteiger partial charge in [0.2, 0.25) is 0 Å². The van der Waals surface area contributed by atoms with Crippen molar-refractivity contribution >= 4 is 22.6 Å². The van der Waals surface area contributed by atoms with Gasteiger partial charge in [0.1, 0.15) is 0 Å². The molecule has 15 heavy (non-hydrogen) atoms. The van der Waals surface area contributed by atoms with Crippen molar-refractivity contribution < 1.29 is 0 Å². The molecule has 2 atom stereocenters. The van der Waals surface area contributed by atoms with Gasteiger partial charge < -0.3 is 0 Å². The Bertz CT molecular complexity index is 212. The van der Waals surface area contributed by atoms with Crippen LogP contribution in [-0.4, -0.2) is 27.0 Å². The Morgan fingerprint density at radius 1 is 1.13 bits per heavy atom. The molecule has 1 heterocycles. The van der Waals surface area contributed by atoms with E-state index in [0.717, 1.165) is 11.8 Å². The second kappa shape index (κ2) is 4.52. The van der Waals surface area contributed by atoms with Gasteiger partial charge in [0, 0.05) is 15.5 Å². The van der Waals surface area contributed by atoms with Gasteiger partial charge in [0.15, 0.2) is 0 Å². The highest BCUT2D eigenvalue weighted by atomic mass is 127. The van der Waals surface area contributed by atoms with Crippen LogP contribution in [0.15, 0.2) is 0 Å². The van der Waals surface area contributed by atoms with Crippen molar-refractivity contribution in [3.05, 3.63) is 0 Å². The summed E-state index contributed by atoms with van der Waals surface area (Å²) in [4.78, 5) is 2.64. The van der Waals surface area contributed by atoms with Gasteiger partial charge in [-0.3, -0.25) is 4.90 Å². The second-order valence-electron chi connectivity index (χ2n) is 6.55. The lowest BCUT2D eigenvalue weighted by Crippen LogP contribution is -2.51. The van der Waals surface area contributed by atoms with Crippen molar-refractivity contribution in [2.24, 2.45) is 11.8 Å². The van der Waals surface area contributed by atoms with Crippen molar-refractivity contribution in [2.75, 3.05) is 13.1 Å². The number of hydrogen-bond acceptors (Lipinski definition) is 1. The SMILES string of the molecule is C[C@@H]1CN(C(C)(C)C)CCC1C(C)(C)I. The van der Waals surface area contributed by atoms with Crippen LogP contribution in [0.1, 0.15) is 48.0 Å². The molecule has 1 rings (SSSR count). The normalized spacial score (nSPS) is 30.6. The summed E-state index contributed by atoms with van der Waals surface area (Å²) >= 11 is 2.62. The summed E-state index contributed by atoms with van der Waals surface area (Å²) in [6, 6.07) is 0. The van der Waals surface area contributed by atoms with Gasteiger partial charge in [-0.1, -0.05) is 43.4 Å². The summed E-state index contributed by atoms with van der Waals surface area (Å²) in [5.74, 6) is 1.70. The summed E-state index contributed by atoms with van der Waals surface area (Å²) in [6.45, 7) is 16.7. The van der Waals surface area contributed by atoms with E-state index >= 15 is 0 Å². The van der Waals surface area contributed by atoms with Crippen molar-refractivity contribution in [1.29, 1.82) is 0 Å². The van der Waals surface area contributed by atoms with Crippen LogP contribution < -0.4 is 0 Å². The standard InChI is InChI=1S/C13H26IN/c1-10-9-15(12(2,3)4)8-7-11(10)13(5,6)14/h10-11H,7-9H2,1-6H3/t10-,11?/m1/s1. The van der Waals surface area contributed by atoms with Gasteiger partial charge in [-0.15, -0.1) is 0 Å². The lowest BCUT2D eigenvalue weighted by molar-refractivity contribution is 0.0459. The summed E-state index contributed by atoms with van der Waals surface area (Å²) < 4.78 is 0.446. The van der Waals surface area contributed by atoms with Gasteiger partial charge in [0.25, 0.3) is 0 Å². The molecule has 0 radical (unpaired) electrons. The zero-order valence-corrected chi connectivity index (χ0v) is 13.3. The van der Waals surface area contributed by atoms with Crippen molar-refractivity contribution in [3.8, 4) is 0 Å². The average molecular weight is 323 g/mol. The van der Waals surface area contributed by atoms with E-state index in [2.05, 4.69) is 69.0 Å². The fourth-order valence-corrected chi connectivity index (χ4v) is 3.70. The number of piperidine rings is 1. The molecule has 0 aliphatic carbocycles. The van der Waals surface area contributed by atoms with Gasteiger partial charge in [-0.25, -0.2) is 0 Å². The van der Waals surface area contributed by atoms with Crippen molar-refractivity contribution in [1.82, 2.24) is 4.90 Å². The van der Waals surface area contributed by atoms with E-state index in [4.69, 9.17) is 0 Å². The van der Waals surface area contributed by atoms with Crippen LogP contribution in [0.2, 0.25) is 0 Å². The molecule has 1 nitrogen and oxygen atoms in total. The molecule has 0 saturated carbocycles. The predicted molar refractivity (Wildman–Crippen MR) is 76.7 cm³/mol. The van der Waals surface area contributed by atoms with Gasteiger partial charge in [-0.2, -0.15) is 0 Å². The molecule has 1 fully saturated rings. The largest absolute Gasteiger partial charge is 0.298 e. The molecule has 0 aromatic rings. The minimum Gasteiger partial charge on any atom is -0.298 e. The van der Waals surface area contributed by atoms with E-state index in [0.29, 0.717) is 8.96 Å². The smallest absolute Gasteiger partial charge is 0.0197 e. The van der Waals surface area contributed by atoms with Gasteiger partial charge in [0.05, 0.1) is 0 Å². The van der Waals surface area contributed by atoms with Crippen LogP contribution >= 0.6 is 22.6 Å². The molecule has 0 spiro atoms. The molecule has 2 heteroatoms. The molecule has 1 aliphatic heterocycles. The maximum atomic E-state index is 2.64. The van der Waals surface area contributed by atoms with E-state index in [9.17, 15) is 0 Å². The average Bonchev–Trinajstić information content (AvgIpc) is 1.99. The number of nitrogens with zero attached hydrogens (tertiary/aromatic N) is 1. The van der Waals surface area contributed by atoms with Gasteiger partial charge in [-0.05, 0) is 45.6 Å². The first-order valence-corrected chi connectivity index (χ1v) is 7.14. The van der Waals surface area contributed by atoms with E-state index in [1.807, 2.05) is 0 Å². The molecule has 0 aromatic heterocycles. The lowest BCUT2D eigenvalue weighted by Gasteiger charge is -2.47. The maximum Gasteiger partial charge on any atom is 0.0197 e. The van der Waals surface area contributed by atoms with Crippen LogP contribution in [0.3, 0.4) is 0 Å². The van der Waals surface area contributed by atoms with Crippen LogP contribution in [0.25, 0.3) is 0 Å². The van der Waals surface area contributed by atoms with E-state index in [-0.39, 0.29) is 0 Å². The molecular formula is C13H26IN. The third kappa shape index (κ3) is 3.58. The van der Waals surface area contributed by atoms with E-state index < -0.39 is 0 Å². The minimum atomic E-state index is 0.342. The summed E-state index contributed by atoms with van der Waals surface area (Å²) in [6.07, 6.45) is 1.36. The highest BCUT2D eigenvalue weighted by Gasteiger charge is 2.37. The first kappa shape index (κ1) is 13.8. The van der Waals surface area contributed by atoms with E-state index in [1.165, 1.54) is 19.5 Å². The third-order valence-electron chi connectivity index (χ3n) is 3.74. The second-order valence-corrected chi connectivity index (χ2v) is 9.33. The number of hydrogen-bond donors (Lipinski definition) is 0. The molecule has 90 valence electrons. The Kier molecular flexibility index (Phi) is 4.14. The fraction of sp³-hybridized carbons (Fsp3) is 1.00. The monoisotopic (exact) mass is 323 g/mol. The Morgan fingerprint density at radius 2 is 1.67 bits per heavy atom. The molecule has 0 bridgehead atoms. The first-order valence-electron chi connectivity index (χ1n) is 6.06. The topological polar surface area (TPSA) is 3.24 Å². The Balaban J connectivity index is 2.64. The first-order chi connectivity index (χ1) is 6.62. The maximum absolute atomic E-state index is 2.64. The molecule has 0 aromatic carbocycles. The lowest BCUT2D eigenvalue weighted by atomic mass is 9.78. The highest BCUT2D eigenvalue weighted by Crippen LogP contribution is 2.39. The quantitative estimate of drug-likeness (QED) is 0.522. The molecule has 0 N–H and O–H groups in total. The third-order valence-corrected chi connectivity index (χ3v) is 4.54. The van der Waals surface area contributed by atoms with Crippen LogP contribution in [0.4, 0.5) is 0 Å². The molecular weight excluding hydrogens is 297 g/mol. The molecule has 0 amide bonds. The van der Waals surface area contributed by atoms with Gasteiger partial charge >= 0.3 is 0 Å². The highest BCUT2D eigenvalue weighted by molar-refractivity contribution is 14.1. The molecule has 1 saturated heterocycles. The van der Waals surface area contributed by atoms with E-state index in [1.54, 1.807) is 0 Å². The predicted octanol–water partition coefficient (Wildman–Crippen LogP) is 3.96. The Labute approximate surface area is 109 Å². The fourth-order valence-electron chi connectivity index (χ4n) is 2.77. The number of halogens is 1. The van der Waals surface area contributed by atoms with Crippen LogP contribution in [0, 0.1) is 11.8 Å². The number of likely N-dealkylation sites (tertiary alicyclic amines) is 1. The molecule has 1 aliphatic rings. The molecule has 1 unspecified atom stereocenters. The summed E-state index contributed by atoms with van der Waals surface area (Å²) in [5, 5.41) is 0. The van der Waals surface area contributed by atoms with Crippen LogP contribution in [-0.2, 0) is 0 Å². The zero-order valence-electron chi connectivity index (χ0n) is 11.1. The van der Waals surface area contributed by atoms with Crippen molar-refractivity contribution in [3.63, 3.8) is 0 Å². The van der Waals surface area contributed by atoms with Crippen molar-refractivity contribution in [2.45, 2.75) is 56.9 Å². The number of rotatable bonds is 1. The zero-order chi connectivity index (χ0) is 11.9. The number of alkyl halides is 1. The van der Waals surface area contributed by atoms with Crippen LogP contribution in [0.5, 0.6) is 0 Å². The Hall–Kier alpha value is 0.690.